The van der Waals surface area contributed by atoms with Gasteiger partial charge < -0.3 is 14.8 Å². The molecule has 0 aromatic heterocycles. The Balaban J connectivity index is 2.45. The second-order valence-electron chi connectivity index (χ2n) is 3.88. The molecule has 0 radical (unpaired) electrons. The van der Waals surface area contributed by atoms with Crippen LogP contribution >= 0.6 is 0 Å². The Bertz CT molecular complexity index is 366. The largest absolute Gasteiger partial charge is 0.493 e. The van der Waals surface area contributed by atoms with E-state index in [0.29, 0.717) is 31.1 Å². The van der Waals surface area contributed by atoms with E-state index in [9.17, 15) is 4.79 Å². The lowest BCUT2D eigenvalue weighted by Crippen LogP contribution is -2.25. The van der Waals surface area contributed by atoms with Gasteiger partial charge in [-0.15, -0.1) is 0 Å². The smallest absolute Gasteiger partial charge is 0.180 e. The summed E-state index contributed by atoms with van der Waals surface area (Å²) < 4.78 is 10.4. The maximum Gasteiger partial charge on any atom is 0.180 e. The minimum atomic E-state index is 0.0523. The molecule has 0 aliphatic heterocycles. The van der Waals surface area contributed by atoms with Gasteiger partial charge in [0.25, 0.3) is 0 Å². The van der Waals surface area contributed by atoms with Crippen LogP contribution in [0.15, 0.2) is 24.3 Å². The first kappa shape index (κ1) is 14.7. The minimum absolute atomic E-state index is 0.0523. The molecule has 0 heterocycles. The van der Waals surface area contributed by atoms with Gasteiger partial charge in [-0.05, 0) is 32.0 Å². The van der Waals surface area contributed by atoms with Gasteiger partial charge in [0.2, 0.25) is 0 Å². The summed E-state index contributed by atoms with van der Waals surface area (Å²) in [7, 11) is 1.67. The van der Waals surface area contributed by atoms with Crippen molar-refractivity contribution in [3.63, 3.8) is 0 Å². The van der Waals surface area contributed by atoms with E-state index < -0.39 is 0 Å². The number of rotatable bonds is 9. The molecule has 1 aromatic carbocycles. The molecule has 0 unspecified atom stereocenters. The third kappa shape index (κ3) is 4.85. The van der Waals surface area contributed by atoms with Crippen LogP contribution in [0.3, 0.4) is 0 Å². The van der Waals surface area contributed by atoms with Crippen molar-refractivity contribution in [3.8, 4) is 5.75 Å². The first-order valence-corrected chi connectivity index (χ1v) is 6.24. The van der Waals surface area contributed by atoms with Gasteiger partial charge >= 0.3 is 0 Å². The molecule has 1 aromatic rings. The van der Waals surface area contributed by atoms with Crippen LogP contribution in [0.1, 0.15) is 23.7 Å². The van der Waals surface area contributed by atoms with Gasteiger partial charge in [0.05, 0.1) is 18.7 Å². The number of nitrogens with one attached hydrogen (secondary N) is 1. The highest BCUT2D eigenvalue weighted by Crippen LogP contribution is 2.18. The van der Waals surface area contributed by atoms with E-state index in [0.717, 1.165) is 13.0 Å². The van der Waals surface area contributed by atoms with Gasteiger partial charge in [0.1, 0.15) is 5.75 Å². The Labute approximate surface area is 108 Å². The van der Waals surface area contributed by atoms with E-state index in [2.05, 4.69) is 5.32 Å². The average Bonchev–Trinajstić information content (AvgIpc) is 2.39. The summed E-state index contributed by atoms with van der Waals surface area (Å²) >= 11 is 0. The monoisotopic (exact) mass is 251 g/mol. The molecule has 0 atom stereocenters. The SMILES string of the molecule is CCOc1ccccc1C(=O)CNCCCOC. The summed E-state index contributed by atoms with van der Waals surface area (Å²) in [6.45, 7) is 4.27. The number of ketones is 1. The van der Waals surface area contributed by atoms with Gasteiger partial charge in [0, 0.05) is 13.7 Å². The highest BCUT2D eigenvalue weighted by atomic mass is 16.5. The van der Waals surface area contributed by atoms with E-state index in [1.54, 1.807) is 13.2 Å². The predicted molar refractivity (Wildman–Crippen MR) is 71.3 cm³/mol. The number of methoxy groups -OCH3 is 1. The maximum absolute atomic E-state index is 12.0. The molecular formula is C14H21NO3. The number of para-hydroxylation sites is 1. The standard InChI is InChI=1S/C14H21NO3/c1-3-18-14-8-5-4-7-12(14)13(16)11-15-9-6-10-17-2/h4-5,7-8,15H,3,6,9-11H2,1-2H3. The van der Waals surface area contributed by atoms with Gasteiger partial charge in [-0.25, -0.2) is 0 Å². The third-order valence-electron chi connectivity index (χ3n) is 2.47. The van der Waals surface area contributed by atoms with Crippen LogP contribution < -0.4 is 10.1 Å². The summed E-state index contributed by atoms with van der Waals surface area (Å²) in [6.07, 6.45) is 0.900. The third-order valence-corrected chi connectivity index (χ3v) is 2.47. The Hall–Kier alpha value is -1.39. The van der Waals surface area contributed by atoms with Crippen molar-refractivity contribution in [1.82, 2.24) is 5.32 Å². The number of ether oxygens (including phenoxy) is 2. The average molecular weight is 251 g/mol. The molecule has 0 fully saturated rings. The molecule has 100 valence electrons. The second kappa shape index (κ2) is 8.66. The lowest BCUT2D eigenvalue weighted by molar-refractivity contribution is 0.0986. The topological polar surface area (TPSA) is 47.6 Å². The second-order valence-corrected chi connectivity index (χ2v) is 3.88. The number of carbonyl (C=O) groups excluding carboxylic acids is 1. The van der Waals surface area contributed by atoms with Crippen LogP contribution in [-0.4, -0.2) is 39.2 Å². The highest BCUT2D eigenvalue weighted by molar-refractivity contribution is 6.00. The Kier molecular flexibility index (Phi) is 7.06. The Morgan fingerprint density at radius 3 is 2.83 bits per heavy atom. The van der Waals surface area contributed by atoms with E-state index >= 15 is 0 Å². The Morgan fingerprint density at radius 2 is 2.11 bits per heavy atom. The molecule has 0 aliphatic carbocycles. The summed E-state index contributed by atoms with van der Waals surface area (Å²) in [4.78, 5) is 12.0. The fourth-order valence-corrected chi connectivity index (χ4v) is 1.62. The quantitative estimate of drug-likeness (QED) is 0.538. The fourth-order valence-electron chi connectivity index (χ4n) is 1.62. The van der Waals surface area contributed by atoms with Gasteiger partial charge in [-0.2, -0.15) is 0 Å². The van der Waals surface area contributed by atoms with Crippen molar-refractivity contribution in [2.24, 2.45) is 0 Å². The van der Waals surface area contributed by atoms with Gasteiger partial charge in [-0.1, -0.05) is 12.1 Å². The lowest BCUT2D eigenvalue weighted by Gasteiger charge is -2.09. The van der Waals surface area contributed by atoms with E-state index in [1.165, 1.54) is 0 Å². The van der Waals surface area contributed by atoms with E-state index in [4.69, 9.17) is 9.47 Å². The minimum Gasteiger partial charge on any atom is -0.493 e. The summed E-state index contributed by atoms with van der Waals surface area (Å²) in [5, 5.41) is 3.10. The van der Waals surface area contributed by atoms with Crippen LogP contribution in [0, 0.1) is 0 Å². The van der Waals surface area contributed by atoms with Crippen molar-refractivity contribution in [1.29, 1.82) is 0 Å². The first-order chi connectivity index (χ1) is 8.79. The van der Waals surface area contributed by atoms with Crippen LogP contribution in [0.25, 0.3) is 0 Å². The Morgan fingerprint density at radius 1 is 1.33 bits per heavy atom. The molecule has 4 heteroatoms. The highest BCUT2D eigenvalue weighted by Gasteiger charge is 2.10. The molecule has 18 heavy (non-hydrogen) atoms. The number of benzene rings is 1. The predicted octanol–water partition coefficient (Wildman–Crippen LogP) is 1.89. The van der Waals surface area contributed by atoms with Crippen LogP contribution in [0.5, 0.6) is 5.75 Å². The molecule has 0 aliphatic rings. The number of carbonyl (C=O) groups is 1. The number of hydrogen-bond donors (Lipinski definition) is 1. The van der Waals surface area contributed by atoms with Gasteiger partial charge in [0.15, 0.2) is 5.78 Å². The molecule has 1 N–H and O–H groups in total. The number of hydrogen-bond acceptors (Lipinski definition) is 4. The number of Topliss-reactive ketones (excluding diaryl/α,β-unsaturated/α-hetero) is 1. The molecule has 0 saturated heterocycles. The van der Waals surface area contributed by atoms with E-state index in [-0.39, 0.29) is 5.78 Å². The summed E-state index contributed by atoms with van der Waals surface area (Å²) in [5.74, 6) is 0.708. The molecule has 0 bridgehead atoms. The molecule has 1 rings (SSSR count). The lowest BCUT2D eigenvalue weighted by atomic mass is 10.1. The molecule has 0 amide bonds. The normalized spacial score (nSPS) is 10.3. The zero-order valence-corrected chi connectivity index (χ0v) is 11.1. The maximum atomic E-state index is 12.0. The molecule has 4 nitrogen and oxygen atoms in total. The zero-order chi connectivity index (χ0) is 13.2. The van der Waals surface area contributed by atoms with E-state index in [1.807, 2.05) is 25.1 Å². The summed E-state index contributed by atoms with van der Waals surface area (Å²) in [5.41, 5.74) is 0.638. The van der Waals surface area contributed by atoms with Crippen LogP contribution in [0.2, 0.25) is 0 Å². The van der Waals surface area contributed by atoms with Crippen LogP contribution in [-0.2, 0) is 4.74 Å². The summed E-state index contributed by atoms with van der Waals surface area (Å²) in [6, 6.07) is 7.33. The fraction of sp³-hybridized carbons (Fsp3) is 0.500. The first-order valence-electron chi connectivity index (χ1n) is 6.24. The van der Waals surface area contributed by atoms with Crippen molar-refractivity contribution in [2.75, 3.05) is 33.4 Å². The van der Waals surface area contributed by atoms with Crippen molar-refractivity contribution >= 4 is 5.78 Å². The molecule has 0 saturated carbocycles. The van der Waals surface area contributed by atoms with Crippen molar-refractivity contribution in [3.05, 3.63) is 29.8 Å². The van der Waals surface area contributed by atoms with Gasteiger partial charge in [-0.3, -0.25) is 4.79 Å². The zero-order valence-electron chi connectivity index (χ0n) is 11.1. The van der Waals surface area contributed by atoms with Crippen LogP contribution in [0.4, 0.5) is 0 Å². The molecular weight excluding hydrogens is 230 g/mol. The van der Waals surface area contributed by atoms with Crippen molar-refractivity contribution in [2.45, 2.75) is 13.3 Å². The molecule has 0 spiro atoms. The van der Waals surface area contributed by atoms with Crippen molar-refractivity contribution < 1.29 is 14.3 Å².